The van der Waals surface area contributed by atoms with E-state index in [0.29, 0.717) is 0 Å². The van der Waals surface area contributed by atoms with E-state index < -0.39 is 15.0 Å². The lowest BCUT2D eigenvalue weighted by Crippen LogP contribution is -2.12. The number of carbonyl (C=O) groups is 1. The van der Waals surface area contributed by atoms with Crippen molar-refractivity contribution in [2.75, 3.05) is 5.32 Å². The number of benzene rings is 1. The normalized spacial score (nSPS) is 11.4. The van der Waals surface area contributed by atoms with Crippen molar-refractivity contribution in [3.05, 3.63) is 39.0 Å². The zero-order valence-corrected chi connectivity index (χ0v) is 15.1. The second-order valence-electron chi connectivity index (χ2n) is 3.91. The van der Waals surface area contributed by atoms with Gasteiger partial charge in [0.25, 0.3) is 15.0 Å². The molecule has 1 amide bonds. The van der Waals surface area contributed by atoms with Gasteiger partial charge in [0.05, 0.1) is 16.3 Å². The molecule has 0 saturated carbocycles. The van der Waals surface area contributed by atoms with Crippen LogP contribution in [0.1, 0.15) is 16.1 Å². The van der Waals surface area contributed by atoms with E-state index in [4.69, 9.17) is 22.3 Å². The maximum Gasteiger partial charge on any atom is 0.272 e. The highest BCUT2D eigenvalue weighted by molar-refractivity contribution is 9.10. The molecule has 0 aliphatic heterocycles. The summed E-state index contributed by atoms with van der Waals surface area (Å²) in [6, 6.07) is 4.79. The highest BCUT2D eigenvalue weighted by Gasteiger charge is 2.21. The van der Waals surface area contributed by atoms with Crippen LogP contribution in [-0.2, 0) is 9.05 Å². The quantitative estimate of drug-likeness (QED) is 0.746. The van der Waals surface area contributed by atoms with E-state index in [0.717, 1.165) is 15.8 Å². The standard InChI is InChI=1S/C11H7BrCl2N2O3S2/c1-5-10(21(14,18)19)20-11(15-5)16-9(17)7-3-2-6(12)4-8(7)13/h2-4H,1H3,(H,15,16,17). The lowest BCUT2D eigenvalue weighted by Gasteiger charge is -2.04. The third kappa shape index (κ3) is 3.95. The molecule has 1 heterocycles. The number of halogens is 3. The number of thiazole rings is 1. The van der Waals surface area contributed by atoms with Crippen LogP contribution in [-0.4, -0.2) is 19.3 Å². The first-order valence-electron chi connectivity index (χ1n) is 5.37. The Balaban J connectivity index is 2.28. The molecule has 0 saturated heterocycles. The van der Waals surface area contributed by atoms with E-state index in [2.05, 4.69) is 26.2 Å². The van der Waals surface area contributed by atoms with Gasteiger partial charge in [-0.3, -0.25) is 10.1 Å². The topological polar surface area (TPSA) is 76.1 Å². The van der Waals surface area contributed by atoms with Gasteiger partial charge in [-0.25, -0.2) is 13.4 Å². The van der Waals surface area contributed by atoms with Crippen molar-refractivity contribution in [2.24, 2.45) is 0 Å². The molecule has 21 heavy (non-hydrogen) atoms. The summed E-state index contributed by atoms with van der Waals surface area (Å²) < 4.78 is 23.3. The highest BCUT2D eigenvalue weighted by Crippen LogP contribution is 2.30. The van der Waals surface area contributed by atoms with Crippen LogP contribution in [0.5, 0.6) is 0 Å². The van der Waals surface area contributed by atoms with Crippen LogP contribution in [0.25, 0.3) is 0 Å². The summed E-state index contributed by atoms with van der Waals surface area (Å²) in [6.07, 6.45) is 0. The van der Waals surface area contributed by atoms with Crippen molar-refractivity contribution >= 4 is 69.6 Å². The minimum absolute atomic E-state index is 0.0960. The largest absolute Gasteiger partial charge is 0.298 e. The van der Waals surface area contributed by atoms with E-state index in [1.807, 2.05) is 0 Å². The first kappa shape index (κ1) is 16.7. The molecule has 5 nitrogen and oxygen atoms in total. The molecule has 1 aromatic heterocycles. The molecule has 112 valence electrons. The van der Waals surface area contributed by atoms with Crippen LogP contribution in [0.2, 0.25) is 5.02 Å². The first-order chi connectivity index (χ1) is 9.68. The fourth-order valence-electron chi connectivity index (χ4n) is 1.50. The zero-order chi connectivity index (χ0) is 15.8. The summed E-state index contributed by atoms with van der Waals surface area (Å²) in [7, 11) is 1.39. The van der Waals surface area contributed by atoms with Gasteiger partial charge in [0.1, 0.15) is 0 Å². The van der Waals surface area contributed by atoms with E-state index >= 15 is 0 Å². The number of aryl methyl sites for hydroxylation is 1. The van der Waals surface area contributed by atoms with E-state index in [-0.39, 0.29) is 25.6 Å². The first-order valence-corrected chi connectivity index (χ1v) is 9.66. The van der Waals surface area contributed by atoms with Gasteiger partial charge in [0.15, 0.2) is 9.34 Å². The SMILES string of the molecule is Cc1nc(NC(=O)c2ccc(Br)cc2Cl)sc1S(=O)(=O)Cl. The summed E-state index contributed by atoms with van der Waals surface area (Å²) in [4.78, 5) is 16.1. The molecule has 1 N–H and O–H groups in total. The maximum atomic E-state index is 12.1. The van der Waals surface area contributed by atoms with Gasteiger partial charge in [-0.1, -0.05) is 38.9 Å². The molecule has 0 bridgehead atoms. The fraction of sp³-hybridized carbons (Fsp3) is 0.0909. The minimum atomic E-state index is -3.88. The van der Waals surface area contributed by atoms with Crippen molar-refractivity contribution in [3.63, 3.8) is 0 Å². The Morgan fingerprint density at radius 1 is 1.43 bits per heavy atom. The van der Waals surface area contributed by atoms with Crippen LogP contribution < -0.4 is 5.32 Å². The molecule has 0 radical (unpaired) electrons. The van der Waals surface area contributed by atoms with Crippen molar-refractivity contribution in [1.29, 1.82) is 0 Å². The molecule has 0 spiro atoms. The Morgan fingerprint density at radius 3 is 2.62 bits per heavy atom. The van der Waals surface area contributed by atoms with Crippen LogP contribution in [0, 0.1) is 6.92 Å². The van der Waals surface area contributed by atoms with Gasteiger partial charge in [0.2, 0.25) is 0 Å². The number of amides is 1. The molecule has 1 aromatic carbocycles. The molecule has 0 atom stereocenters. The van der Waals surface area contributed by atoms with Crippen LogP contribution in [0.3, 0.4) is 0 Å². The summed E-state index contributed by atoms with van der Waals surface area (Å²) in [6.45, 7) is 1.49. The molecule has 2 rings (SSSR count). The molecular formula is C11H7BrCl2N2O3S2. The van der Waals surface area contributed by atoms with E-state index in [9.17, 15) is 13.2 Å². The summed E-state index contributed by atoms with van der Waals surface area (Å²) in [5, 5.41) is 2.90. The maximum absolute atomic E-state index is 12.1. The monoisotopic (exact) mass is 428 g/mol. The molecule has 10 heteroatoms. The average molecular weight is 430 g/mol. The average Bonchev–Trinajstić information content (AvgIpc) is 2.69. The minimum Gasteiger partial charge on any atom is -0.298 e. The lowest BCUT2D eigenvalue weighted by atomic mass is 10.2. The summed E-state index contributed by atoms with van der Waals surface area (Å²) in [5.41, 5.74) is 0.482. The Hall–Kier alpha value is -0.670. The molecule has 0 aliphatic rings. The van der Waals surface area contributed by atoms with Crippen LogP contribution >= 0.6 is 49.6 Å². The van der Waals surface area contributed by atoms with Gasteiger partial charge in [-0.2, -0.15) is 0 Å². The van der Waals surface area contributed by atoms with Crippen molar-refractivity contribution in [1.82, 2.24) is 4.98 Å². The van der Waals surface area contributed by atoms with Gasteiger partial charge in [-0.15, -0.1) is 0 Å². The number of rotatable bonds is 3. The second-order valence-corrected chi connectivity index (χ2v) is 8.99. The third-order valence-corrected chi connectivity index (χ3v) is 6.43. The fourth-order valence-corrected chi connectivity index (χ4v) is 4.61. The summed E-state index contributed by atoms with van der Waals surface area (Å²) in [5.74, 6) is -0.486. The second kappa shape index (κ2) is 6.21. The highest BCUT2D eigenvalue weighted by atomic mass is 79.9. The number of hydrogen-bond donors (Lipinski definition) is 1. The zero-order valence-electron chi connectivity index (χ0n) is 10.4. The Bertz CT molecular complexity index is 821. The number of carbonyl (C=O) groups excluding carboxylic acids is 1. The smallest absolute Gasteiger partial charge is 0.272 e. The van der Waals surface area contributed by atoms with Crippen LogP contribution in [0.4, 0.5) is 5.13 Å². The predicted octanol–water partition coefficient (Wildman–Crippen LogP) is 4.05. The molecule has 0 unspecified atom stereocenters. The van der Waals surface area contributed by atoms with E-state index in [1.165, 1.54) is 6.92 Å². The number of nitrogens with zero attached hydrogens (tertiary/aromatic N) is 1. The molecular weight excluding hydrogens is 423 g/mol. The number of nitrogens with one attached hydrogen (secondary N) is 1. The Labute approximate surface area is 142 Å². The van der Waals surface area contributed by atoms with Crippen LogP contribution in [0.15, 0.2) is 26.9 Å². The third-order valence-electron chi connectivity index (χ3n) is 2.37. The van der Waals surface area contributed by atoms with Gasteiger partial charge in [-0.05, 0) is 25.1 Å². The lowest BCUT2D eigenvalue weighted by molar-refractivity contribution is 0.102. The molecule has 2 aromatic rings. The van der Waals surface area contributed by atoms with Crippen molar-refractivity contribution < 1.29 is 13.2 Å². The number of anilines is 1. The number of hydrogen-bond acceptors (Lipinski definition) is 5. The van der Waals surface area contributed by atoms with E-state index in [1.54, 1.807) is 18.2 Å². The Morgan fingerprint density at radius 2 is 2.10 bits per heavy atom. The predicted molar refractivity (Wildman–Crippen MR) is 87.0 cm³/mol. The van der Waals surface area contributed by atoms with Gasteiger partial charge >= 0.3 is 0 Å². The molecule has 0 fully saturated rings. The van der Waals surface area contributed by atoms with Gasteiger partial charge < -0.3 is 0 Å². The van der Waals surface area contributed by atoms with Gasteiger partial charge in [0, 0.05) is 15.2 Å². The van der Waals surface area contributed by atoms with Crippen molar-refractivity contribution in [3.8, 4) is 0 Å². The van der Waals surface area contributed by atoms with Crippen molar-refractivity contribution in [2.45, 2.75) is 11.1 Å². The Kier molecular flexibility index (Phi) is 4.94. The number of aromatic nitrogens is 1. The molecule has 0 aliphatic carbocycles. The summed E-state index contributed by atoms with van der Waals surface area (Å²) >= 11 is 10.00.